The smallest absolute Gasteiger partial charge is 0.331 e. The number of rotatable bonds is 5. The van der Waals surface area contributed by atoms with Gasteiger partial charge in [-0.2, -0.15) is 5.26 Å². The largest absolute Gasteiger partial charge is 0.458 e. The summed E-state index contributed by atoms with van der Waals surface area (Å²) in [4.78, 5) is 16.9. The van der Waals surface area contributed by atoms with E-state index in [1.165, 1.54) is 29.2 Å². The number of carbonyl (C=O) groups excluding carboxylic acids is 1. The van der Waals surface area contributed by atoms with Gasteiger partial charge in [-0.15, -0.1) is 11.3 Å². The summed E-state index contributed by atoms with van der Waals surface area (Å²) in [6, 6.07) is 17.3. The molecule has 0 spiro atoms. The summed E-state index contributed by atoms with van der Waals surface area (Å²) >= 11 is 2.77. The SMILES string of the molecule is CC.N#Cc1nc2ccc(S/C=C/C(=O)OCc3ccccc3)cc2s1. The lowest BCUT2D eigenvalue weighted by Crippen LogP contribution is -2.00. The number of nitrogens with zero attached hydrogens (tertiary/aromatic N) is 2. The first-order valence-corrected chi connectivity index (χ1v) is 9.79. The number of nitriles is 1. The molecule has 6 heteroatoms. The summed E-state index contributed by atoms with van der Waals surface area (Å²) in [5, 5.41) is 11.0. The molecule has 3 aromatic rings. The van der Waals surface area contributed by atoms with E-state index in [-0.39, 0.29) is 12.6 Å². The Morgan fingerprint density at radius 3 is 2.77 bits per heavy atom. The summed E-state index contributed by atoms with van der Waals surface area (Å²) in [6.45, 7) is 4.26. The average molecular weight is 383 g/mol. The number of ether oxygens (including phenoxy) is 1. The number of thioether (sulfide) groups is 1. The van der Waals surface area contributed by atoms with Crippen LogP contribution in [0.3, 0.4) is 0 Å². The summed E-state index contributed by atoms with van der Waals surface area (Å²) in [5.74, 6) is -0.378. The standard InChI is InChI=1S/C18H12N2O2S2.C2H6/c19-11-17-20-15-7-6-14(10-16(15)24-17)23-9-8-18(21)22-12-13-4-2-1-3-5-13;1-2/h1-10H,12H2;1-2H3/b9-8+;. The van der Waals surface area contributed by atoms with Crippen molar-refractivity contribution < 1.29 is 9.53 Å². The minimum absolute atomic E-state index is 0.262. The molecule has 0 atom stereocenters. The van der Waals surface area contributed by atoms with Gasteiger partial charge >= 0.3 is 5.97 Å². The van der Waals surface area contributed by atoms with Crippen molar-refractivity contribution in [1.82, 2.24) is 4.98 Å². The molecule has 2 aromatic carbocycles. The van der Waals surface area contributed by atoms with Crippen molar-refractivity contribution in [2.24, 2.45) is 0 Å². The Morgan fingerprint density at radius 1 is 1.27 bits per heavy atom. The van der Waals surface area contributed by atoms with Crippen LogP contribution in [0.25, 0.3) is 10.2 Å². The molecule has 0 fully saturated rings. The predicted octanol–water partition coefficient (Wildman–Crippen LogP) is 5.54. The highest BCUT2D eigenvalue weighted by molar-refractivity contribution is 8.02. The number of hydrogen-bond donors (Lipinski definition) is 0. The predicted molar refractivity (Wildman–Crippen MR) is 107 cm³/mol. The molecule has 132 valence electrons. The molecule has 0 N–H and O–H groups in total. The van der Waals surface area contributed by atoms with E-state index in [9.17, 15) is 4.79 Å². The van der Waals surface area contributed by atoms with Gasteiger partial charge in [-0.1, -0.05) is 55.9 Å². The van der Waals surface area contributed by atoms with Crippen molar-refractivity contribution >= 4 is 39.3 Å². The molecule has 1 aromatic heterocycles. The molecule has 3 rings (SSSR count). The Balaban J connectivity index is 0.00000117. The lowest BCUT2D eigenvalue weighted by molar-refractivity contribution is -0.138. The highest BCUT2D eigenvalue weighted by atomic mass is 32.2. The van der Waals surface area contributed by atoms with Gasteiger partial charge in [0.05, 0.1) is 10.2 Å². The number of benzene rings is 2. The molecule has 4 nitrogen and oxygen atoms in total. The van der Waals surface area contributed by atoms with Crippen LogP contribution in [-0.4, -0.2) is 11.0 Å². The Hall–Kier alpha value is -2.62. The van der Waals surface area contributed by atoms with E-state index in [4.69, 9.17) is 10.00 Å². The van der Waals surface area contributed by atoms with Gasteiger partial charge in [0.2, 0.25) is 0 Å². The van der Waals surface area contributed by atoms with Crippen molar-refractivity contribution in [2.45, 2.75) is 25.3 Å². The lowest BCUT2D eigenvalue weighted by Gasteiger charge is -2.01. The van der Waals surface area contributed by atoms with Gasteiger partial charge in [-0.25, -0.2) is 9.78 Å². The van der Waals surface area contributed by atoms with Crippen LogP contribution in [0.4, 0.5) is 0 Å². The van der Waals surface area contributed by atoms with Gasteiger partial charge in [0, 0.05) is 11.0 Å². The highest BCUT2D eigenvalue weighted by Crippen LogP contribution is 2.28. The number of aromatic nitrogens is 1. The second-order valence-corrected chi connectivity index (χ2v) is 6.78. The number of hydrogen-bond acceptors (Lipinski definition) is 6. The quantitative estimate of drug-likeness (QED) is 0.329. The summed E-state index contributed by atoms with van der Waals surface area (Å²) in [7, 11) is 0. The van der Waals surface area contributed by atoms with Crippen molar-refractivity contribution in [1.29, 1.82) is 5.26 Å². The minimum Gasteiger partial charge on any atom is -0.458 e. The summed E-state index contributed by atoms with van der Waals surface area (Å²) in [6.07, 6.45) is 1.41. The molecule has 0 aliphatic rings. The molecule has 0 saturated carbocycles. The Kier molecular flexibility index (Phi) is 7.87. The van der Waals surface area contributed by atoms with Crippen LogP contribution >= 0.6 is 23.1 Å². The number of fused-ring (bicyclic) bond motifs is 1. The average Bonchev–Trinajstić information content (AvgIpc) is 3.11. The lowest BCUT2D eigenvalue weighted by atomic mass is 10.2. The van der Waals surface area contributed by atoms with E-state index < -0.39 is 0 Å². The van der Waals surface area contributed by atoms with E-state index in [0.717, 1.165) is 20.7 Å². The highest BCUT2D eigenvalue weighted by Gasteiger charge is 2.04. The fourth-order valence-corrected chi connectivity index (χ4v) is 3.52. The van der Waals surface area contributed by atoms with Crippen LogP contribution in [-0.2, 0) is 16.1 Å². The maximum atomic E-state index is 11.7. The first-order valence-electron chi connectivity index (χ1n) is 8.09. The zero-order valence-electron chi connectivity index (χ0n) is 14.5. The van der Waals surface area contributed by atoms with Crippen LogP contribution in [0.15, 0.2) is 64.9 Å². The molecule has 0 unspecified atom stereocenters. The third-order valence-corrected chi connectivity index (χ3v) is 4.81. The number of carbonyl (C=O) groups is 1. The molecule has 0 bridgehead atoms. The van der Waals surface area contributed by atoms with Gasteiger partial charge < -0.3 is 4.74 Å². The van der Waals surface area contributed by atoms with Crippen LogP contribution in [0, 0.1) is 11.3 Å². The molecule has 26 heavy (non-hydrogen) atoms. The van der Waals surface area contributed by atoms with Gasteiger partial charge in [-0.05, 0) is 29.2 Å². The van der Waals surface area contributed by atoms with Gasteiger partial charge in [-0.3, -0.25) is 0 Å². The second kappa shape index (κ2) is 10.4. The third-order valence-electron chi connectivity index (χ3n) is 3.09. The Morgan fingerprint density at radius 2 is 2.04 bits per heavy atom. The Bertz CT molecular complexity index is 928. The molecular weight excluding hydrogens is 364 g/mol. The zero-order valence-corrected chi connectivity index (χ0v) is 16.1. The van der Waals surface area contributed by atoms with Gasteiger partial charge in [0.25, 0.3) is 0 Å². The third kappa shape index (κ3) is 5.73. The topological polar surface area (TPSA) is 63.0 Å². The van der Waals surface area contributed by atoms with Crippen LogP contribution < -0.4 is 0 Å². The molecule has 0 aliphatic carbocycles. The van der Waals surface area contributed by atoms with E-state index >= 15 is 0 Å². The van der Waals surface area contributed by atoms with Crippen LogP contribution in [0.2, 0.25) is 0 Å². The number of thiazole rings is 1. The first kappa shape index (κ1) is 19.7. The molecule has 0 radical (unpaired) electrons. The Labute approximate surface area is 161 Å². The fourth-order valence-electron chi connectivity index (χ4n) is 1.97. The summed E-state index contributed by atoms with van der Waals surface area (Å²) in [5.41, 5.74) is 1.77. The zero-order chi connectivity index (χ0) is 18.8. The first-order chi connectivity index (χ1) is 12.7. The maximum Gasteiger partial charge on any atom is 0.331 e. The van der Waals surface area contributed by atoms with Crippen molar-refractivity contribution in [2.75, 3.05) is 0 Å². The normalized spacial score (nSPS) is 10.2. The van der Waals surface area contributed by atoms with E-state index in [2.05, 4.69) is 4.98 Å². The molecule has 0 saturated heterocycles. The molecular formula is C20H18N2O2S2. The van der Waals surface area contributed by atoms with Crippen molar-refractivity contribution in [3.05, 3.63) is 70.6 Å². The number of esters is 1. The fraction of sp³-hybridized carbons (Fsp3) is 0.150. The van der Waals surface area contributed by atoms with Crippen molar-refractivity contribution in [3.8, 4) is 6.07 Å². The van der Waals surface area contributed by atoms with Crippen LogP contribution in [0.1, 0.15) is 24.4 Å². The molecule has 0 aliphatic heterocycles. The molecule has 0 amide bonds. The van der Waals surface area contributed by atoms with E-state index in [1.54, 1.807) is 5.41 Å². The summed E-state index contributed by atoms with van der Waals surface area (Å²) < 4.78 is 6.13. The van der Waals surface area contributed by atoms with Gasteiger partial charge in [0.1, 0.15) is 12.7 Å². The van der Waals surface area contributed by atoms with Gasteiger partial charge in [0.15, 0.2) is 5.01 Å². The maximum absolute atomic E-state index is 11.7. The second-order valence-electron chi connectivity index (χ2n) is 4.77. The minimum atomic E-state index is -0.378. The van der Waals surface area contributed by atoms with Crippen LogP contribution in [0.5, 0.6) is 0 Å². The van der Waals surface area contributed by atoms with Crippen molar-refractivity contribution in [3.63, 3.8) is 0 Å². The monoisotopic (exact) mass is 382 g/mol. The van der Waals surface area contributed by atoms with E-state index in [1.807, 2.05) is 68.4 Å². The molecule has 1 heterocycles. The van der Waals surface area contributed by atoms with E-state index in [0.29, 0.717) is 5.01 Å².